The highest BCUT2D eigenvalue weighted by molar-refractivity contribution is 5.89. The highest BCUT2D eigenvalue weighted by atomic mass is 19.1. The van der Waals surface area contributed by atoms with Crippen molar-refractivity contribution < 1.29 is 13.9 Å². The van der Waals surface area contributed by atoms with E-state index in [2.05, 4.69) is 9.72 Å². The zero-order valence-corrected chi connectivity index (χ0v) is 7.50. The van der Waals surface area contributed by atoms with Crippen molar-refractivity contribution in [1.82, 2.24) is 4.98 Å². The Kier molecular flexibility index (Phi) is 2.95. The van der Waals surface area contributed by atoms with Crippen molar-refractivity contribution in [2.75, 3.05) is 6.61 Å². The quantitative estimate of drug-likeness (QED) is 0.517. The number of nitrogens with zero attached hydrogens (tertiary/aromatic N) is 1. The fraction of sp³-hybridized carbons (Fsp3) is 0.333. The normalized spacial score (nSPS) is 9.77. The number of esters is 1. The van der Waals surface area contributed by atoms with Crippen LogP contribution in [0.15, 0.2) is 12.1 Å². The maximum atomic E-state index is 13.0. The fourth-order valence-electron chi connectivity index (χ4n) is 0.886. The van der Waals surface area contributed by atoms with Crippen LogP contribution in [0.3, 0.4) is 0 Å². The average Bonchev–Trinajstić information content (AvgIpc) is 2.04. The molecule has 0 aliphatic heterocycles. The number of aryl methyl sites for hydroxylation is 1. The standard InChI is InChI=1S/C9H10FNO2/c1-3-13-9(12)7-5-4-6(2)11-8(7)10/h4-5H,3H2,1-2H3. The predicted octanol–water partition coefficient (Wildman–Crippen LogP) is 1.71. The molecular weight excluding hydrogens is 173 g/mol. The summed E-state index contributed by atoms with van der Waals surface area (Å²) < 4.78 is 17.6. The molecule has 0 amide bonds. The van der Waals surface area contributed by atoms with Crippen LogP contribution in [0.1, 0.15) is 23.0 Å². The molecule has 3 nitrogen and oxygen atoms in total. The van der Waals surface area contributed by atoms with E-state index in [0.29, 0.717) is 5.69 Å². The van der Waals surface area contributed by atoms with Gasteiger partial charge in [-0.25, -0.2) is 9.78 Å². The molecule has 13 heavy (non-hydrogen) atoms. The first-order valence-corrected chi connectivity index (χ1v) is 3.95. The Morgan fingerprint density at radius 3 is 2.85 bits per heavy atom. The van der Waals surface area contributed by atoms with Crippen molar-refractivity contribution in [3.8, 4) is 0 Å². The number of carbonyl (C=O) groups excluding carboxylic acids is 1. The van der Waals surface area contributed by atoms with E-state index >= 15 is 0 Å². The number of halogens is 1. The van der Waals surface area contributed by atoms with E-state index in [0.717, 1.165) is 0 Å². The molecule has 0 saturated heterocycles. The summed E-state index contributed by atoms with van der Waals surface area (Å²) >= 11 is 0. The van der Waals surface area contributed by atoms with Crippen LogP contribution in [-0.2, 0) is 4.74 Å². The Labute approximate surface area is 75.6 Å². The number of ether oxygens (including phenoxy) is 1. The van der Waals surface area contributed by atoms with Gasteiger partial charge in [-0.1, -0.05) is 0 Å². The molecule has 1 rings (SSSR count). The zero-order valence-electron chi connectivity index (χ0n) is 7.50. The van der Waals surface area contributed by atoms with Crippen LogP contribution < -0.4 is 0 Å². The highest BCUT2D eigenvalue weighted by Gasteiger charge is 2.13. The molecule has 0 aliphatic rings. The topological polar surface area (TPSA) is 39.2 Å². The maximum absolute atomic E-state index is 13.0. The van der Waals surface area contributed by atoms with Crippen molar-refractivity contribution in [2.45, 2.75) is 13.8 Å². The summed E-state index contributed by atoms with van der Waals surface area (Å²) in [6.07, 6.45) is 0. The summed E-state index contributed by atoms with van der Waals surface area (Å²) in [5.41, 5.74) is 0.415. The molecule has 0 spiro atoms. The Balaban J connectivity index is 2.95. The Morgan fingerprint density at radius 2 is 2.31 bits per heavy atom. The molecule has 1 heterocycles. The van der Waals surface area contributed by atoms with Crippen molar-refractivity contribution in [3.05, 3.63) is 29.3 Å². The Bertz CT molecular complexity index is 325. The summed E-state index contributed by atoms with van der Waals surface area (Å²) in [5, 5.41) is 0. The van der Waals surface area contributed by atoms with Gasteiger partial charge in [0.05, 0.1) is 6.61 Å². The lowest BCUT2D eigenvalue weighted by molar-refractivity contribution is 0.0520. The highest BCUT2D eigenvalue weighted by Crippen LogP contribution is 2.07. The van der Waals surface area contributed by atoms with Crippen molar-refractivity contribution in [1.29, 1.82) is 0 Å². The first-order chi connectivity index (χ1) is 6.15. The summed E-state index contributed by atoms with van der Waals surface area (Å²) in [7, 11) is 0. The molecule has 4 heteroatoms. The summed E-state index contributed by atoms with van der Waals surface area (Å²) in [6, 6.07) is 2.94. The second-order valence-corrected chi connectivity index (χ2v) is 2.51. The van der Waals surface area contributed by atoms with Crippen LogP contribution in [0.5, 0.6) is 0 Å². The molecule has 1 aromatic rings. The molecule has 1 aromatic heterocycles. The predicted molar refractivity (Wildman–Crippen MR) is 44.9 cm³/mol. The molecule has 0 fully saturated rings. The third kappa shape index (κ3) is 2.24. The lowest BCUT2D eigenvalue weighted by atomic mass is 10.2. The van der Waals surface area contributed by atoms with Gasteiger partial charge in [-0.15, -0.1) is 0 Å². The van der Waals surface area contributed by atoms with E-state index in [1.54, 1.807) is 19.9 Å². The summed E-state index contributed by atoms with van der Waals surface area (Å²) in [4.78, 5) is 14.6. The molecule has 0 unspecified atom stereocenters. The van der Waals surface area contributed by atoms with Gasteiger partial charge in [0.2, 0.25) is 5.95 Å². The van der Waals surface area contributed by atoms with Gasteiger partial charge in [-0.05, 0) is 26.0 Å². The van der Waals surface area contributed by atoms with Crippen LogP contribution >= 0.6 is 0 Å². The Morgan fingerprint density at radius 1 is 1.62 bits per heavy atom. The third-order valence-electron chi connectivity index (χ3n) is 1.48. The molecule has 0 radical (unpaired) electrons. The molecule has 0 aromatic carbocycles. The second-order valence-electron chi connectivity index (χ2n) is 2.51. The number of hydrogen-bond acceptors (Lipinski definition) is 3. The van der Waals surface area contributed by atoms with Crippen molar-refractivity contribution in [3.63, 3.8) is 0 Å². The SMILES string of the molecule is CCOC(=O)c1ccc(C)nc1F. The summed E-state index contributed by atoms with van der Waals surface area (Å²) in [6.45, 7) is 3.54. The Hall–Kier alpha value is -1.45. The first kappa shape index (κ1) is 9.64. The average molecular weight is 183 g/mol. The lowest BCUT2D eigenvalue weighted by Crippen LogP contribution is -2.08. The van der Waals surface area contributed by atoms with Crippen LogP contribution in [0, 0.1) is 12.9 Å². The van der Waals surface area contributed by atoms with E-state index < -0.39 is 11.9 Å². The maximum Gasteiger partial charge on any atom is 0.342 e. The van der Waals surface area contributed by atoms with Gasteiger partial charge in [0.25, 0.3) is 0 Å². The van der Waals surface area contributed by atoms with Crippen LogP contribution in [0.25, 0.3) is 0 Å². The van der Waals surface area contributed by atoms with Crippen molar-refractivity contribution in [2.24, 2.45) is 0 Å². The molecule has 0 atom stereocenters. The van der Waals surface area contributed by atoms with Gasteiger partial charge in [0, 0.05) is 5.69 Å². The smallest absolute Gasteiger partial charge is 0.342 e. The van der Waals surface area contributed by atoms with Gasteiger partial charge in [0.15, 0.2) is 0 Å². The number of hydrogen-bond donors (Lipinski definition) is 0. The molecule has 70 valence electrons. The molecule has 0 N–H and O–H groups in total. The van der Waals surface area contributed by atoms with Crippen LogP contribution in [0.4, 0.5) is 4.39 Å². The van der Waals surface area contributed by atoms with Crippen molar-refractivity contribution >= 4 is 5.97 Å². The largest absolute Gasteiger partial charge is 0.462 e. The number of aromatic nitrogens is 1. The minimum absolute atomic E-state index is 0.118. The van der Waals surface area contributed by atoms with E-state index in [1.807, 2.05) is 0 Å². The van der Waals surface area contributed by atoms with Crippen LogP contribution in [0.2, 0.25) is 0 Å². The lowest BCUT2D eigenvalue weighted by Gasteiger charge is -2.02. The summed E-state index contributed by atoms with van der Waals surface area (Å²) in [5.74, 6) is -1.45. The monoisotopic (exact) mass is 183 g/mol. The second kappa shape index (κ2) is 3.98. The van der Waals surface area contributed by atoms with Gasteiger partial charge >= 0.3 is 5.97 Å². The van der Waals surface area contributed by atoms with E-state index in [-0.39, 0.29) is 12.2 Å². The van der Waals surface area contributed by atoms with E-state index in [9.17, 15) is 9.18 Å². The number of rotatable bonds is 2. The first-order valence-electron chi connectivity index (χ1n) is 3.95. The van der Waals surface area contributed by atoms with Gasteiger partial charge in [-0.3, -0.25) is 0 Å². The number of carbonyl (C=O) groups is 1. The molecule has 0 aliphatic carbocycles. The van der Waals surface area contributed by atoms with Gasteiger partial charge in [-0.2, -0.15) is 4.39 Å². The van der Waals surface area contributed by atoms with Gasteiger partial charge < -0.3 is 4.74 Å². The molecule has 0 bridgehead atoms. The van der Waals surface area contributed by atoms with Crippen LogP contribution in [-0.4, -0.2) is 17.6 Å². The minimum Gasteiger partial charge on any atom is -0.462 e. The van der Waals surface area contributed by atoms with Gasteiger partial charge in [0.1, 0.15) is 5.56 Å². The molecular formula is C9H10FNO2. The molecule has 0 saturated carbocycles. The number of pyridine rings is 1. The third-order valence-corrected chi connectivity index (χ3v) is 1.48. The zero-order chi connectivity index (χ0) is 9.84. The fourth-order valence-corrected chi connectivity index (χ4v) is 0.886. The minimum atomic E-state index is -0.779. The van der Waals surface area contributed by atoms with E-state index in [4.69, 9.17) is 0 Å². The van der Waals surface area contributed by atoms with E-state index in [1.165, 1.54) is 6.07 Å².